The Bertz CT molecular complexity index is 1190. The number of fused-ring (bicyclic) bond motifs is 1. The molecule has 168 valence electrons. The van der Waals surface area contributed by atoms with Gasteiger partial charge in [-0.3, -0.25) is 9.78 Å². The number of hydrogen-bond acceptors (Lipinski definition) is 5. The summed E-state index contributed by atoms with van der Waals surface area (Å²) in [6, 6.07) is 14.3. The van der Waals surface area contributed by atoms with Crippen LogP contribution in [0.25, 0.3) is 10.8 Å². The minimum atomic E-state index is -3.54. The average Bonchev–Trinajstić information content (AvgIpc) is 2.82. The van der Waals surface area contributed by atoms with E-state index in [2.05, 4.69) is 15.2 Å². The first-order valence-corrected chi connectivity index (χ1v) is 12.8. The molecule has 8 heteroatoms. The number of carbonyl (C=O) groups excluding carboxylic acids is 1. The highest BCUT2D eigenvalue weighted by Crippen LogP contribution is 2.24. The number of amides is 1. The number of rotatable bonds is 7. The van der Waals surface area contributed by atoms with Gasteiger partial charge in [0.05, 0.1) is 10.6 Å². The Balaban J connectivity index is 1.24. The summed E-state index contributed by atoms with van der Waals surface area (Å²) in [4.78, 5) is 18.9. The highest BCUT2D eigenvalue weighted by atomic mass is 35.5. The number of sulfone groups is 1. The summed E-state index contributed by atoms with van der Waals surface area (Å²) < 4.78 is 25.4. The molecule has 2 aromatic carbocycles. The fourth-order valence-electron chi connectivity index (χ4n) is 4.03. The molecular weight excluding hydrogens is 446 g/mol. The van der Waals surface area contributed by atoms with Crippen molar-refractivity contribution in [3.05, 3.63) is 65.9 Å². The number of nitrogens with one attached hydrogen (secondary N) is 1. The number of halogens is 1. The van der Waals surface area contributed by atoms with Gasteiger partial charge in [0.2, 0.25) is 5.91 Å². The molecule has 1 N–H and O–H groups in total. The molecule has 1 aliphatic heterocycles. The van der Waals surface area contributed by atoms with Crippen molar-refractivity contribution in [1.29, 1.82) is 0 Å². The van der Waals surface area contributed by atoms with Gasteiger partial charge in [-0.1, -0.05) is 23.7 Å². The monoisotopic (exact) mass is 471 g/mol. The maximum absolute atomic E-state index is 12.7. The Morgan fingerprint density at radius 3 is 2.47 bits per heavy atom. The SMILES string of the molecule is O=C(CCS(=O)(=O)c1ccc2cc(Cl)ccc2c1)NCC1CCN(c2ccncc2)CC1. The van der Waals surface area contributed by atoms with E-state index in [-0.39, 0.29) is 23.0 Å². The molecule has 3 aromatic rings. The van der Waals surface area contributed by atoms with Crippen molar-refractivity contribution >= 4 is 43.8 Å². The first-order chi connectivity index (χ1) is 15.4. The van der Waals surface area contributed by atoms with E-state index in [9.17, 15) is 13.2 Å². The molecule has 0 saturated carbocycles. The van der Waals surface area contributed by atoms with Gasteiger partial charge < -0.3 is 10.2 Å². The molecule has 0 unspecified atom stereocenters. The number of hydrogen-bond donors (Lipinski definition) is 1. The summed E-state index contributed by atoms with van der Waals surface area (Å²) in [6.07, 6.45) is 5.52. The van der Waals surface area contributed by atoms with Gasteiger partial charge in [-0.2, -0.15) is 0 Å². The third-order valence-corrected chi connectivity index (χ3v) is 7.91. The zero-order valence-corrected chi connectivity index (χ0v) is 19.3. The number of piperidine rings is 1. The standard InChI is InChI=1S/C24H26ClN3O3S/c25-21-3-1-20-16-23(4-2-19(20)15-21)32(30,31)14-9-24(29)27-17-18-7-12-28(13-8-18)22-5-10-26-11-6-22/h1-6,10-11,15-16,18H,7-9,12-14,17H2,(H,27,29). The van der Waals surface area contributed by atoms with E-state index in [0.29, 0.717) is 17.5 Å². The molecule has 6 nitrogen and oxygen atoms in total. The summed E-state index contributed by atoms with van der Waals surface area (Å²) in [5.41, 5.74) is 1.17. The number of benzene rings is 2. The first kappa shape index (κ1) is 22.6. The minimum Gasteiger partial charge on any atom is -0.371 e. The number of carbonyl (C=O) groups is 1. The second kappa shape index (κ2) is 9.88. The van der Waals surface area contributed by atoms with Gasteiger partial charge in [0, 0.05) is 49.2 Å². The highest BCUT2D eigenvalue weighted by molar-refractivity contribution is 7.91. The van der Waals surface area contributed by atoms with Crippen LogP contribution >= 0.6 is 11.6 Å². The maximum Gasteiger partial charge on any atom is 0.221 e. The van der Waals surface area contributed by atoms with Crippen LogP contribution in [0.4, 0.5) is 5.69 Å². The third kappa shape index (κ3) is 5.58. The van der Waals surface area contributed by atoms with Crippen LogP contribution in [-0.4, -0.2) is 44.7 Å². The quantitative estimate of drug-likeness (QED) is 0.561. The Morgan fingerprint density at radius 2 is 1.72 bits per heavy atom. The summed E-state index contributed by atoms with van der Waals surface area (Å²) in [6.45, 7) is 2.46. The zero-order valence-electron chi connectivity index (χ0n) is 17.7. The van der Waals surface area contributed by atoms with Gasteiger partial charge in [0.25, 0.3) is 0 Å². The van der Waals surface area contributed by atoms with Crippen molar-refractivity contribution in [3.63, 3.8) is 0 Å². The fraction of sp³-hybridized carbons (Fsp3) is 0.333. The third-order valence-electron chi connectivity index (χ3n) is 5.96. The van der Waals surface area contributed by atoms with E-state index >= 15 is 0 Å². The Morgan fingerprint density at radius 1 is 1.03 bits per heavy atom. The molecule has 1 fully saturated rings. The molecule has 0 spiro atoms. The van der Waals surface area contributed by atoms with Gasteiger partial charge in [0.1, 0.15) is 0 Å². The van der Waals surface area contributed by atoms with Gasteiger partial charge >= 0.3 is 0 Å². The van der Waals surface area contributed by atoms with Crippen LogP contribution in [0.2, 0.25) is 5.02 Å². The lowest BCUT2D eigenvalue weighted by molar-refractivity contribution is -0.120. The van der Waals surface area contributed by atoms with E-state index < -0.39 is 9.84 Å². The molecular formula is C24H26ClN3O3S. The summed E-state index contributed by atoms with van der Waals surface area (Å²) >= 11 is 5.99. The van der Waals surface area contributed by atoms with Crippen LogP contribution in [0.1, 0.15) is 19.3 Å². The zero-order chi connectivity index (χ0) is 22.6. The second-order valence-electron chi connectivity index (χ2n) is 8.16. The lowest BCUT2D eigenvalue weighted by Crippen LogP contribution is -2.39. The number of aromatic nitrogens is 1. The summed E-state index contributed by atoms with van der Waals surface area (Å²) in [7, 11) is -3.54. The van der Waals surface area contributed by atoms with Gasteiger partial charge in [-0.25, -0.2) is 8.42 Å². The van der Waals surface area contributed by atoms with E-state index in [1.165, 1.54) is 5.69 Å². The van der Waals surface area contributed by atoms with Crippen molar-refractivity contribution in [2.75, 3.05) is 30.3 Å². The molecule has 0 aliphatic carbocycles. The molecule has 0 atom stereocenters. The molecule has 32 heavy (non-hydrogen) atoms. The Hall–Kier alpha value is -2.64. The second-order valence-corrected chi connectivity index (χ2v) is 10.7. The van der Waals surface area contributed by atoms with E-state index in [1.807, 2.05) is 12.1 Å². The molecule has 0 radical (unpaired) electrons. The Kier molecular flexibility index (Phi) is 6.96. The fourth-order valence-corrected chi connectivity index (χ4v) is 5.48. The van der Waals surface area contributed by atoms with Crippen molar-refractivity contribution in [1.82, 2.24) is 10.3 Å². The van der Waals surface area contributed by atoms with Gasteiger partial charge in [-0.15, -0.1) is 0 Å². The summed E-state index contributed by atoms with van der Waals surface area (Å²) in [5.74, 6) is -0.0306. The lowest BCUT2D eigenvalue weighted by atomic mass is 9.96. The molecule has 2 heterocycles. The average molecular weight is 472 g/mol. The van der Waals surface area contributed by atoms with Crippen molar-refractivity contribution < 1.29 is 13.2 Å². The normalized spacial score (nSPS) is 15.1. The number of anilines is 1. The smallest absolute Gasteiger partial charge is 0.221 e. The number of pyridine rings is 1. The van der Waals surface area contributed by atoms with Crippen molar-refractivity contribution in [3.8, 4) is 0 Å². The summed E-state index contributed by atoms with van der Waals surface area (Å²) in [5, 5.41) is 5.21. The molecule has 1 aliphatic rings. The van der Waals surface area contributed by atoms with Crippen LogP contribution < -0.4 is 10.2 Å². The molecule has 1 saturated heterocycles. The van der Waals surface area contributed by atoms with Crippen molar-refractivity contribution in [2.45, 2.75) is 24.2 Å². The van der Waals surface area contributed by atoms with Crippen LogP contribution in [0.5, 0.6) is 0 Å². The minimum absolute atomic E-state index is 0.0448. The topological polar surface area (TPSA) is 79.4 Å². The van der Waals surface area contributed by atoms with E-state index in [0.717, 1.165) is 36.7 Å². The molecule has 0 bridgehead atoms. The first-order valence-electron chi connectivity index (χ1n) is 10.7. The van der Waals surface area contributed by atoms with E-state index in [1.54, 1.807) is 48.8 Å². The molecule has 1 aromatic heterocycles. The van der Waals surface area contributed by atoms with Crippen LogP contribution in [0.3, 0.4) is 0 Å². The molecule has 1 amide bonds. The van der Waals surface area contributed by atoms with Crippen molar-refractivity contribution in [2.24, 2.45) is 5.92 Å². The van der Waals surface area contributed by atoms with Gasteiger partial charge in [0.15, 0.2) is 9.84 Å². The number of nitrogens with zero attached hydrogens (tertiary/aromatic N) is 2. The van der Waals surface area contributed by atoms with Crippen LogP contribution in [-0.2, 0) is 14.6 Å². The maximum atomic E-state index is 12.7. The highest BCUT2D eigenvalue weighted by Gasteiger charge is 2.21. The largest absolute Gasteiger partial charge is 0.371 e. The van der Waals surface area contributed by atoms with Gasteiger partial charge in [-0.05, 0) is 65.9 Å². The van der Waals surface area contributed by atoms with E-state index in [4.69, 9.17) is 11.6 Å². The Labute approximate surface area is 193 Å². The lowest BCUT2D eigenvalue weighted by Gasteiger charge is -2.33. The predicted octanol–water partition coefficient (Wildman–Crippen LogP) is 4.08. The predicted molar refractivity (Wildman–Crippen MR) is 128 cm³/mol. The molecule has 4 rings (SSSR count). The van der Waals surface area contributed by atoms with Crippen LogP contribution in [0.15, 0.2) is 65.8 Å². The van der Waals surface area contributed by atoms with Crippen LogP contribution in [0, 0.1) is 5.92 Å².